The van der Waals surface area contributed by atoms with Crippen LogP contribution in [0.2, 0.25) is 0 Å². The number of carbonyl (C=O) groups excluding carboxylic acids is 1. The molecule has 0 aliphatic carbocycles. The van der Waals surface area contributed by atoms with Gasteiger partial charge in [-0.05, 0) is 19.4 Å². The van der Waals surface area contributed by atoms with Gasteiger partial charge in [0.1, 0.15) is 12.0 Å². The first-order valence-corrected chi connectivity index (χ1v) is 8.96. The van der Waals surface area contributed by atoms with Crippen LogP contribution in [0.4, 0.5) is 0 Å². The highest BCUT2D eigenvalue weighted by Gasteiger charge is 2.53. The van der Waals surface area contributed by atoms with E-state index in [2.05, 4.69) is 0 Å². The summed E-state index contributed by atoms with van der Waals surface area (Å²) in [6, 6.07) is 9.11. The van der Waals surface area contributed by atoms with Crippen LogP contribution in [0.15, 0.2) is 30.3 Å². The van der Waals surface area contributed by atoms with Crippen LogP contribution >= 0.6 is 0 Å². The summed E-state index contributed by atoms with van der Waals surface area (Å²) in [6.45, 7) is 1.61. The van der Waals surface area contributed by atoms with Crippen molar-refractivity contribution in [1.29, 1.82) is 0 Å². The zero-order chi connectivity index (χ0) is 19.8. The third-order valence-corrected chi connectivity index (χ3v) is 5.92. The van der Waals surface area contributed by atoms with Crippen molar-refractivity contribution in [3.63, 3.8) is 0 Å². The summed E-state index contributed by atoms with van der Waals surface area (Å²) in [6.07, 6.45) is 2.59. The zero-order valence-electron chi connectivity index (χ0n) is 17.9. The number of hydrogen-bond acceptors (Lipinski definition) is 3. The number of halogens is 1. The Kier molecular flexibility index (Phi) is 5.33. The molecule has 0 amide bonds. The van der Waals surface area contributed by atoms with E-state index in [0.717, 1.165) is 18.4 Å². The summed E-state index contributed by atoms with van der Waals surface area (Å²) in [4.78, 5) is 12.7. The molecule has 2 heterocycles. The van der Waals surface area contributed by atoms with Crippen molar-refractivity contribution in [1.82, 2.24) is 0 Å². The lowest BCUT2D eigenvalue weighted by Crippen LogP contribution is -3.00. The molecule has 0 aromatic heterocycles. The van der Waals surface area contributed by atoms with Crippen molar-refractivity contribution in [3.05, 3.63) is 35.9 Å². The van der Waals surface area contributed by atoms with E-state index in [1.165, 1.54) is 0 Å². The van der Waals surface area contributed by atoms with Crippen molar-refractivity contribution < 1.29 is 40.2 Å². The van der Waals surface area contributed by atoms with E-state index in [1.807, 2.05) is 44.2 Å². The van der Waals surface area contributed by atoms with Gasteiger partial charge in [0.25, 0.3) is 0 Å². The van der Waals surface area contributed by atoms with Gasteiger partial charge in [-0.15, -0.1) is 0 Å². The second-order valence-corrected chi connectivity index (χ2v) is 7.49. The van der Waals surface area contributed by atoms with Crippen LogP contribution in [0, 0.1) is 0 Å². The lowest BCUT2D eigenvalue weighted by Gasteiger charge is -2.49. The van der Waals surface area contributed by atoms with Gasteiger partial charge in [0.05, 0.1) is 35.8 Å². The van der Waals surface area contributed by atoms with E-state index in [-0.39, 0.29) is 52.3 Å². The number of nitrogens with zero attached hydrogens (tertiary/aromatic N) is 1. The first-order chi connectivity index (χ1) is 12.7. The number of ether oxygens (including phenoxy) is 1. The number of aliphatic hydroxyl groups excluding tert-OH is 1. The average Bonchev–Trinajstić information content (AvgIpc) is 2.83. The molecule has 2 aliphatic heterocycles. The van der Waals surface area contributed by atoms with Gasteiger partial charge >= 0.3 is 5.97 Å². The predicted octanol–water partition coefficient (Wildman–Crippen LogP) is -0.142. The van der Waals surface area contributed by atoms with Crippen molar-refractivity contribution in [2.24, 2.45) is 0 Å². The lowest BCUT2D eigenvalue weighted by atomic mass is 9.94. The molecule has 2 aliphatic rings. The van der Waals surface area contributed by atoms with E-state index in [9.17, 15) is 9.90 Å². The quantitative estimate of drug-likeness (QED) is 0.538. The number of aliphatic hydroxyl groups is 1. The normalized spacial score (nSPS) is 34.4. The predicted molar refractivity (Wildman–Crippen MR) is 93.5 cm³/mol. The summed E-state index contributed by atoms with van der Waals surface area (Å²) in [7, 11) is 0. The number of piperidine rings is 1. The maximum absolute atomic E-state index is 12.7. The summed E-state index contributed by atoms with van der Waals surface area (Å²) in [5.74, 6) is -1.12. The minimum absolute atomic E-state index is 0. The number of fused-ring (bicyclic) bond motifs is 2. The largest absolute Gasteiger partial charge is 1.00 e. The molecule has 2 bridgehead atoms. The van der Waals surface area contributed by atoms with E-state index >= 15 is 0 Å². The summed E-state index contributed by atoms with van der Waals surface area (Å²) >= 11 is 0. The number of hydrogen-bond donors (Lipinski definition) is 1. The molecular formula is C20H30BrNO3. The molecule has 140 valence electrons. The standard InChI is InChI=1S/C20H30NO3.BrH/c1-14(2)21(3)16-9-10-17(21)12-18(11-16)24-20(23)19(13-22)15-7-5-4-6-8-15;/h4-8,14,16-19,22H,9-13H2,1-3H3;1H/q+1;/p-1/t16-,17?,18?,19?,21?;/m0./s1/i3D3;. The van der Waals surface area contributed by atoms with Gasteiger partial charge in [-0.1, -0.05) is 30.3 Å². The molecule has 3 rings (SSSR count). The maximum atomic E-state index is 12.7. The van der Waals surface area contributed by atoms with Gasteiger partial charge in [0, 0.05) is 25.7 Å². The second-order valence-electron chi connectivity index (χ2n) is 7.49. The molecule has 2 fully saturated rings. The third kappa shape index (κ3) is 3.79. The number of rotatable bonds is 5. The fraction of sp³-hybridized carbons (Fsp3) is 0.650. The Morgan fingerprint density at radius 2 is 1.88 bits per heavy atom. The van der Waals surface area contributed by atoms with Crippen LogP contribution in [0.3, 0.4) is 0 Å². The van der Waals surface area contributed by atoms with Gasteiger partial charge in [-0.3, -0.25) is 4.79 Å². The SMILES string of the molecule is [2H]C([2H])([2H])[N+]1(C(C)C)C2CC[C@H]1CC(OC(=O)C(CO)c1ccccc1)C2.[Br-]. The lowest BCUT2D eigenvalue weighted by molar-refractivity contribution is -0.968. The highest BCUT2D eigenvalue weighted by atomic mass is 79.9. The molecule has 4 unspecified atom stereocenters. The Morgan fingerprint density at radius 3 is 2.36 bits per heavy atom. The molecule has 0 saturated carbocycles. The molecule has 4 nitrogen and oxygen atoms in total. The van der Waals surface area contributed by atoms with Crippen LogP contribution in [0.1, 0.15) is 55.1 Å². The van der Waals surface area contributed by atoms with Gasteiger partial charge in [-0.2, -0.15) is 0 Å². The topological polar surface area (TPSA) is 46.5 Å². The van der Waals surface area contributed by atoms with Crippen LogP contribution in [0.5, 0.6) is 0 Å². The molecule has 1 N–H and O–H groups in total. The molecule has 5 atom stereocenters. The molecule has 0 radical (unpaired) electrons. The fourth-order valence-electron chi connectivity index (χ4n) is 4.59. The average molecular weight is 415 g/mol. The smallest absolute Gasteiger partial charge is 0.316 e. The first-order valence-electron chi connectivity index (χ1n) is 10.5. The van der Waals surface area contributed by atoms with Crippen LogP contribution < -0.4 is 17.0 Å². The van der Waals surface area contributed by atoms with E-state index < -0.39 is 18.9 Å². The van der Waals surface area contributed by atoms with Gasteiger partial charge in [-0.25, -0.2) is 0 Å². The van der Waals surface area contributed by atoms with Crippen LogP contribution in [-0.2, 0) is 9.53 Å². The Bertz CT molecular complexity index is 654. The van der Waals surface area contributed by atoms with E-state index in [1.54, 1.807) is 0 Å². The second kappa shape index (κ2) is 8.19. The number of carbonyl (C=O) groups is 1. The highest BCUT2D eigenvalue weighted by Crippen LogP contribution is 2.44. The van der Waals surface area contributed by atoms with Crippen molar-refractivity contribution in [3.8, 4) is 0 Å². The number of benzene rings is 1. The van der Waals surface area contributed by atoms with Gasteiger partial charge in [0.15, 0.2) is 0 Å². The van der Waals surface area contributed by atoms with Gasteiger partial charge < -0.3 is 31.3 Å². The Morgan fingerprint density at radius 1 is 1.28 bits per heavy atom. The highest BCUT2D eigenvalue weighted by molar-refractivity contribution is 5.78. The van der Waals surface area contributed by atoms with Gasteiger partial charge in [0.2, 0.25) is 0 Å². The maximum Gasteiger partial charge on any atom is 0.316 e. The summed E-state index contributed by atoms with van der Waals surface area (Å²) in [5.41, 5.74) is 0.735. The molecule has 2 saturated heterocycles. The van der Waals surface area contributed by atoms with Crippen molar-refractivity contribution >= 4 is 5.97 Å². The van der Waals surface area contributed by atoms with Crippen molar-refractivity contribution in [2.45, 2.75) is 69.7 Å². The van der Waals surface area contributed by atoms with Crippen molar-refractivity contribution in [2.75, 3.05) is 13.6 Å². The number of esters is 1. The molecule has 5 heteroatoms. The summed E-state index contributed by atoms with van der Waals surface area (Å²) < 4.78 is 30.5. The minimum atomic E-state index is -2.06. The van der Waals surface area contributed by atoms with E-state index in [4.69, 9.17) is 8.85 Å². The summed E-state index contributed by atoms with van der Waals surface area (Å²) in [5, 5.41) is 9.68. The molecule has 0 spiro atoms. The Balaban J connectivity index is 0.00000280. The molecule has 1 aromatic carbocycles. The Hall–Kier alpha value is -0.910. The number of quaternary nitrogens is 1. The third-order valence-electron chi connectivity index (χ3n) is 5.92. The molecule has 25 heavy (non-hydrogen) atoms. The minimum Gasteiger partial charge on any atom is -1.00 e. The zero-order valence-corrected chi connectivity index (χ0v) is 16.5. The molecular weight excluding hydrogens is 382 g/mol. The van der Waals surface area contributed by atoms with Crippen LogP contribution in [0.25, 0.3) is 0 Å². The Labute approximate surface area is 165 Å². The van der Waals surface area contributed by atoms with E-state index in [0.29, 0.717) is 12.8 Å². The monoisotopic (exact) mass is 414 g/mol. The molecule has 1 aromatic rings. The first kappa shape index (κ1) is 16.3. The van der Waals surface area contributed by atoms with Crippen LogP contribution in [-0.4, -0.2) is 53.4 Å². The fourth-order valence-corrected chi connectivity index (χ4v) is 4.59.